The van der Waals surface area contributed by atoms with E-state index in [0.29, 0.717) is 18.0 Å². The molecule has 0 atom stereocenters. The van der Waals surface area contributed by atoms with Gasteiger partial charge in [0.1, 0.15) is 0 Å². The zero-order chi connectivity index (χ0) is 15.8. The number of fused-ring (bicyclic) bond motifs is 2. The Hall–Kier alpha value is -2.20. The molecule has 23 heavy (non-hydrogen) atoms. The number of benzene rings is 2. The molecule has 0 spiro atoms. The quantitative estimate of drug-likeness (QED) is 0.849. The van der Waals surface area contributed by atoms with Crippen LogP contribution in [-0.4, -0.2) is 24.1 Å². The van der Waals surface area contributed by atoms with Crippen molar-refractivity contribution in [2.45, 2.75) is 19.4 Å². The van der Waals surface area contributed by atoms with Crippen LogP contribution in [0.2, 0.25) is 5.02 Å². The Morgan fingerprint density at radius 3 is 2.52 bits per heavy atom. The second kappa shape index (κ2) is 5.78. The molecule has 0 bridgehead atoms. The van der Waals surface area contributed by atoms with Crippen molar-refractivity contribution in [3.05, 3.63) is 58.1 Å². The molecule has 118 valence electrons. The highest BCUT2D eigenvalue weighted by atomic mass is 35.5. The fourth-order valence-corrected chi connectivity index (χ4v) is 3.17. The van der Waals surface area contributed by atoms with Crippen LogP contribution in [0, 0.1) is 0 Å². The molecule has 2 heterocycles. The Balaban J connectivity index is 1.49. The summed E-state index contributed by atoms with van der Waals surface area (Å²) in [5, 5.41) is 0.684. The fourth-order valence-electron chi connectivity index (χ4n) is 3.05. The maximum Gasteiger partial charge on any atom is 0.231 e. The predicted octanol–water partition coefficient (Wildman–Crippen LogP) is 3.20. The van der Waals surface area contributed by atoms with Gasteiger partial charge in [0, 0.05) is 18.1 Å². The normalized spacial score (nSPS) is 15.4. The van der Waals surface area contributed by atoms with E-state index in [1.165, 1.54) is 5.56 Å². The first kappa shape index (κ1) is 14.4. The summed E-state index contributed by atoms with van der Waals surface area (Å²) in [5.41, 5.74) is 3.37. The number of carbonyl (C=O) groups is 1. The van der Waals surface area contributed by atoms with Crippen LogP contribution in [0.25, 0.3) is 0 Å². The maximum absolute atomic E-state index is 12.5. The molecule has 0 unspecified atom stereocenters. The molecule has 0 N–H and O–H groups in total. The molecule has 4 nitrogen and oxygen atoms in total. The van der Waals surface area contributed by atoms with Crippen molar-refractivity contribution in [1.82, 2.24) is 4.90 Å². The minimum absolute atomic E-state index is 0.135. The summed E-state index contributed by atoms with van der Waals surface area (Å²) in [6.45, 7) is 1.63. The molecule has 0 radical (unpaired) electrons. The van der Waals surface area contributed by atoms with Crippen molar-refractivity contribution in [3.8, 4) is 11.5 Å². The molecule has 2 aromatic rings. The second-order valence-electron chi connectivity index (χ2n) is 5.84. The number of ether oxygens (including phenoxy) is 2. The molecule has 4 rings (SSSR count). The lowest BCUT2D eigenvalue weighted by molar-refractivity contribution is -0.131. The van der Waals surface area contributed by atoms with Gasteiger partial charge in [0.05, 0.1) is 6.42 Å². The minimum Gasteiger partial charge on any atom is -0.454 e. The molecular formula is C18H16ClNO3. The van der Waals surface area contributed by atoms with Gasteiger partial charge < -0.3 is 14.4 Å². The first-order chi connectivity index (χ1) is 11.2. The number of amides is 1. The van der Waals surface area contributed by atoms with E-state index in [-0.39, 0.29) is 12.7 Å². The molecule has 1 amide bonds. The standard InChI is InChI=1S/C18H16ClNO3/c19-15-3-1-12(2-4-15)7-18(21)20-6-5-13-8-16-17(23-11-22-16)9-14(13)10-20/h1-4,8-9H,5-7,10-11H2. The van der Waals surface area contributed by atoms with Crippen molar-refractivity contribution in [3.63, 3.8) is 0 Å². The Kier molecular flexibility index (Phi) is 3.62. The Labute approximate surface area is 139 Å². The molecule has 0 fully saturated rings. The molecule has 0 aliphatic carbocycles. The first-order valence-corrected chi connectivity index (χ1v) is 8.00. The third-order valence-corrected chi connectivity index (χ3v) is 4.58. The van der Waals surface area contributed by atoms with E-state index in [0.717, 1.165) is 35.6 Å². The number of hydrogen-bond acceptors (Lipinski definition) is 3. The van der Waals surface area contributed by atoms with E-state index < -0.39 is 0 Å². The highest BCUT2D eigenvalue weighted by molar-refractivity contribution is 6.30. The topological polar surface area (TPSA) is 38.8 Å². The van der Waals surface area contributed by atoms with Gasteiger partial charge in [-0.25, -0.2) is 0 Å². The smallest absolute Gasteiger partial charge is 0.231 e. The average molecular weight is 330 g/mol. The van der Waals surface area contributed by atoms with Crippen LogP contribution < -0.4 is 9.47 Å². The van der Waals surface area contributed by atoms with Gasteiger partial charge in [-0.05, 0) is 47.4 Å². The van der Waals surface area contributed by atoms with Gasteiger partial charge in [0.15, 0.2) is 11.5 Å². The van der Waals surface area contributed by atoms with E-state index in [1.54, 1.807) is 0 Å². The lowest BCUT2D eigenvalue weighted by Crippen LogP contribution is -2.36. The summed E-state index contributed by atoms with van der Waals surface area (Å²) in [7, 11) is 0. The highest BCUT2D eigenvalue weighted by Crippen LogP contribution is 2.36. The molecule has 5 heteroatoms. The third-order valence-electron chi connectivity index (χ3n) is 4.33. The van der Waals surface area contributed by atoms with Crippen LogP contribution >= 0.6 is 11.6 Å². The SMILES string of the molecule is O=C(Cc1ccc(Cl)cc1)N1CCc2cc3c(cc2C1)OCO3. The van der Waals surface area contributed by atoms with Crippen LogP contribution in [0.5, 0.6) is 11.5 Å². The number of halogens is 1. The Morgan fingerprint density at radius 1 is 1.09 bits per heavy atom. The fraction of sp³-hybridized carbons (Fsp3) is 0.278. The van der Waals surface area contributed by atoms with Crippen LogP contribution in [0.15, 0.2) is 36.4 Å². The molecule has 0 aromatic heterocycles. The van der Waals surface area contributed by atoms with Crippen LogP contribution in [0.4, 0.5) is 0 Å². The van der Waals surface area contributed by atoms with Gasteiger partial charge in [0.25, 0.3) is 0 Å². The zero-order valence-corrected chi connectivity index (χ0v) is 13.3. The largest absolute Gasteiger partial charge is 0.454 e. The summed E-state index contributed by atoms with van der Waals surface area (Å²) in [4.78, 5) is 14.4. The minimum atomic E-state index is 0.135. The van der Waals surface area contributed by atoms with Crippen LogP contribution in [0.3, 0.4) is 0 Å². The van der Waals surface area contributed by atoms with Crippen molar-refractivity contribution in [2.75, 3.05) is 13.3 Å². The second-order valence-corrected chi connectivity index (χ2v) is 6.28. The lowest BCUT2D eigenvalue weighted by atomic mass is 9.98. The van der Waals surface area contributed by atoms with Gasteiger partial charge >= 0.3 is 0 Å². The monoisotopic (exact) mass is 329 g/mol. The van der Waals surface area contributed by atoms with Crippen molar-refractivity contribution in [2.24, 2.45) is 0 Å². The summed E-state index contributed by atoms with van der Waals surface area (Å²) >= 11 is 5.88. The predicted molar refractivity (Wildman–Crippen MR) is 86.8 cm³/mol. The molecule has 2 aliphatic rings. The molecule has 0 saturated heterocycles. The van der Waals surface area contributed by atoms with E-state index in [9.17, 15) is 4.79 Å². The number of hydrogen-bond donors (Lipinski definition) is 0. The van der Waals surface area contributed by atoms with Crippen LogP contribution in [0.1, 0.15) is 16.7 Å². The van der Waals surface area contributed by atoms with Crippen molar-refractivity contribution in [1.29, 1.82) is 0 Å². The van der Waals surface area contributed by atoms with Crippen molar-refractivity contribution < 1.29 is 14.3 Å². The Bertz CT molecular complexity index is 758. The van der Waals surface area contributed by atoms with E-state index in [1.807, 2.05) is 41.3 Å². The van der Waals surface area contributed by atoms with E-state index in [2.05, 4.69) is 0 Å². The third kappa shape index (κ3) is 2.86. The highest BCUT2D eigenvalue weighted by Gasteiger charge is 2.24. The van der Waals surface area contributed by atoms with Gasteiger partial charge in [-0.2, -0.15) is 0 Å². The van der Waals surface area contributed by atoms with Gasteiger partial charge in [-0.1, -0.05) is 23.7 Å². The number of rotatable bonds is 2. The molecule has 2 aliphatic heterocycles. The van der Waals surface area contributed by atoms with Gasteiger partial charge in [-0.3, -0.25) is 4.79 Å². The zero-order valence-electron chi connectivity index (χ0n) is 12.5. The summed E-state index contributed by atoms with van der Waals surface area (Å²) < 4.78 is 10.8. The number of nitrogens with zero attached hydrogens (tertiary/aromatic N) is 1. The molecule has 2 aromatic carbocycles. The summed E-state index contributed by atoms with van der Waals surface area (Å²) in [6.07, 6.45) is 1.25. The average Bonchev–Trinajstić information content (AvgIpc) is 3.01. The van der Waals surface area contributed by atoms with Crippen LogP contribution in [-0.2, 0) is 24.2 Å². The maximum atomic E-state index is 12.5. The summed E-state index contributed by atoms with van der Waals surface area (Å²) in [5.74, 6) is 1.72. The molecule has 0 saturated carbocycles. The van der Waals surface area contributed by atoms with Crippen molar-refractivity contribution >= 4 is 17.5 Å². The lowest BCUT2D eigenvalue weighted by Gasteiger charge is -2.29. The Morgan fingerprint density at radius 2 is 1.78 bits per heavy atom. The van der Waals surface area contributed by atoms with Gasteiger partial charge in [-0.15, -0.1) is 0 Å². The molecular weight excluding hydrogens is 314 g/mol. The number of carbonyl (C=O) groups excluding carboxylic acids is 1. The first-order valence-electron chi connectivity index (χ1n) is 7.63. The van der Waals surface area contributed by atoms with Gasteiger partial charge in [0.2, 0.25) is 12.7 Å². The summed E-state index contributed by atoms with van der Waals surface area (Å²) in [6, 6.07) is 11.5. The van der Waals surface area contributed by atoms with E-state index in [4.69, 9.17) is 21.1 Å². The van der Waals surface area contributed by atoms with E-state index >= 15 is 0 Å².